The topological polar surface area (TPSA) is 51.6 Å². The number of para-hydroxylation sites is 1. The summed E-state index contributed by atoms with van der Waals surface area (Å²) in [5.41, 5.74) is 12.6. The molecule has 3 heterocycles. The van der Waals surface area contributed by atoms with Crippen LogP contribution in [0.4, 0.5) is 0 Å². The molecule has 0 spiro atoms. The lowest BCUT2D eigenvalue weighted by Gasteiger charge is -2.13. The number of hydrogen-bond acceptors (Lipinski definition) is 5. The quantitative estimate of drug-likeness (QED) is 0.162. The van der Waals surface area contributed by atoms with Gasteiger partial charge in [0.05, 0.1) is 15.9 Å². The molecule has 0 fully saturated rings. The van der Waals surface area contributed by atoms with Crippen LogP contribution in [0.15, 0.2) is 206 Å². The van der Waals surface area contributed by atoms with E-state index in [1.807, 2.05) is 47.7 Å². The van der Waals surface area contributed by atoms with Crippen LogP contribution in [0.3, 0.4) is 0 Å². The fourth-order valence-electron chi connectivity index (χ4n) is 8.03. The van der Waals surface area contributed by atoms with E-state index < -0.39 is 0 Å². The van der Waals surface area contributed by atoms with Crippen LogP contribution in [0.5, 0.6) is 0 Å². The third-order valence-electron chi connectivity index (χ3n) is 10.9. The smallest absolute Gasteiger partial charge is 0.164 e. The maximum atomic E-state index is 5.48. The second kappa shape index (κ2) is 14.7. The van der Waals surface area contributed by atoms with Crippen molar-refractivity contribution in [1.82, 2.24) is 19.9 Å². The Balaban J connectivity index is 1.01. The molecular weight excluding hydrogens is 737 g/mol. The second-order valence-electron chi connectivity index (χ2n) is 14.6. The molecule has 0 aliphatic heterocycles. The van der Waals surface area contributed by atoms with E-state index in [9.17, 15) is 0 Å². The average Bonchev–Trinajstić information content (AvgIpc) is 3.72. The van der Waals surface area contributed by atoms with Crippen LogP contribution in [-0.4, -0.2) is 19.9 Å². The molecule has 0 saturated heterocycles. The van der Waals surface area contributed by atoms with Gasteiger partial charge >= 0.3 is 0 Å². The van der Waals surface area contributed by atoms with Gasteiger partial charge in [0.1, 0.15) is 0 Å². The van der Waals surface area contributed by atoms with Crippen molar-refractivity contribution in [3.05, 3.63) is 206 Å². The Morgan fingerprint density at radius 1 is 0.305 bits per heavy atom. The molecule has 4 nitrogen and oxygen atoms in total. The van der Waals surface area contributed by atoms with E-state index in [0.29, 0.717) is 17.5 Å². The Kier molecular flexibility index (Phi) is 8.64. The van der Waals surface area contributed by atoms with Crippen LogP contribution in [0.1, 0.15) is 0 Å². The molecular formula is C54H34N4S. The summed E-state index contributed by atoms with van der Waals surface area (Å²) in [6.45, 7) is 0. The van der Waals surface area contributed by atoms with E-state index >= 15 is 0 Å². The van der Waals surface area contributed by atoms with Gasteiger partial charge in [0, 0.05) is 48.7 Å². The van der Waals surface area contributed by atoms with Crippen molar-refractivity contribution in [2.75, 3.05) is 0 Å². The highest BCUT2D eigenvalue weighted by Crippen LogP contribution is 2.44. The summed E-state index contributed by atoms with van der Waals surface area (Å²) in [6.07, 6.45) is 0. The zero-order valence-electron chi connectivity index (χ0n) is 31.8. The molecule has 11 aromatic rings. The van der Waals surface area contributed by atoms with E-state index in [1.54, 1.807) is 0 Å². The Morgan fingerprint density at radius 2 is 0.763 bits per heavy atom. The Hall–Kier alpha value is -7.60. The van der Waals surface area contributed by atoms with Gasteiger partial charge < -0.3 is 0 Å². The van der Waals surface area contributed by atoms with E-state index in [1.165, 1.54) is 25.7 Å². The maximum absolute atomic E-state index is 5.48. The Morgan fingerprint density at radius 3 is 1.46 bits per heavy atom. The van der Waals surface area contributed by atoms with Crippen molar-refractivity contribution in [1.29, 1.82) is 0 Å². The zero-order valence-corrected chi connectivity index (χ0v) is 32.6. The van der Waals surface area contributed by atoms with E-state index in [0.717, 1.165) is 66.7 Å². The Labute approximate surface area is 345 Å². The third kappa shape index (κ3) is 6.44. The largest absolute Gasteiger partial charge is 0.246 e. The number of pyridine rings is 1. The standard InChI is InChI=1S/C54H34N4S/c1-4-15-35(16-5-1)36-29-31-39(32-30-36)53-56-52(38-19-8-3-9-20-38)57-54(58-53)43-24-13-22-41(34-43)40-21-12-23-42(33-40)44-26-14-27-46-48-45-25-10-11-28-47(45)59-51(48)49(55-50(44)46)37-17-6-2-7-18-37/h1-34H. The molecule has 0 aliphatic carbocycles. The van der Waals surface area contributed by atoms with E-state index in [-0.39, 0.29) is 0 Å². The minimum Gasteiger partial charge on any atom is -0.246 e. The summed E-state index contributed by atoms with van der Waals surface area (Å²) in [5.74, 6) is 1.89. The fourth-order valence-corrected chi connectivity index (χ4v) is 9.26. The number of aromatic nitrogens is 4. The molecule has 0 unspecified atom stereocenters. The first-order valence-electron chi connectivity index (χ1n) is 19.7. The lowest BCUT2D eigenvalue weighted by Crippen LogP contribution is -2.00. The molecule has 0 amide bonds. The molecule has 0 atom stereocenters. The summed E-state index contributed by atoms with van der Waals surface area (Å²) in [7, 11) is 0. The van der Waals surface area contributed by atoms with Crippen molar-refractivity contribution in [3.63, 3.8) is 0 Å². The van der Waals surface area contributed by atoms with Crippen LogP contribution in [0.25, 0.3) is 110 Å². The summed E-state index contributed by atoms with van der Waals surface area (Å²) in [4.78, 5) is 20.6. The first-order valence-corrected chi connectivity index (χ1v) is 20.5. The van der Waals surface area contributed by atoms with Crippen LogP contribution in [0, 0.1) is 0 Å². The Bertz CT molecular complexity index is 3310. The molecule has 11 rings (SSSR count). The number of hydrogen-bond donors (Lipinski definition) is 0. The van der Waals surface area contributed by atoms with Crippen LogP contribution in [-0.2, 0) is 0 Å². The number of rotatable bonds is 7. The van der Waals surface area contributed by atoms with Crippen LogP contribution in [0.2, 0.25) is 0 Å². The predicted molar refractivity (Wildman–Crippen MR) is 246 cm³/mol. The van der Waals surface area contributed by atoms with Crippen molar-refractivity contribution < 1.29 is 0 Å². The summed E-state index contributed by atoms with van der Waals surface area (Å²) in [5, 5.41) is 3.69. The summed E-state index contributed by atoms with van der Waals surface area (Å²) >= 11 is 1.82. The average molecular weight is 771 g/mol. The number of nitrogens with zero attached hydrogens (tertiary/aromatic N) is 4. The highest BCUT2D eigenvalue weighted by Gasteiger charge is 2.19. The molecule has 0 bridgehead atoms. The van der Waals surface area contributed by atoms with E-state index in [4.69, 9.17) is 19.9 Å². The van der Waals surface area contributed by atoms with Crippen molar-refractivity contribution in [2.24, 2.45) is 0 Å². The van der Waals surface area contributed by atoms with Gasteiger partial charge in [-0.2, -0.15) is 0 Å². The first-order chi connectivity index (χ1) is 29.2. The monoisotopic (exact) mass is 770 g/mol. The molecule has 0 N–H and O–H groups in total. The van der Waals surface area contributed by atoms with Gasteiger partial charge in [0.25, 0.3) is 0 Å². The third-order valence-corrected chi connectivity index (χ3v) is 12.1. The molecule has 5 heteroatoms. The lowest BCUT2D eigenvalue weighted by molar-refractivity contribution is 1.07. The minimum absolute atomic E-state index is 0.623. The van der Waals surface area contributed by atoms with Gasteiger partial charge in [0.2, 0.25) is 0 Å². The van der Waals surface area contributed by atoms with Crippen molar-refractivity contribution in [2.45, 2.75) is 0 Å². The van der Waals surface area contributed by atoms with Crippen molar-refractivity contribution >= 4 is 42.4 Å². The fraction of sp³-hybridized carbons (Fsp3) is 0. The number of benzene rings is 8. The highest BCUT2D eigenvalue weighted by atomic mass is 32.1. The molecule has 3 aromatic heterocycles. The molecule has 0 aliphatic rings. The SMILES string of the molecule is c1ccc(-c2ccc(-c3nc(-c4ccccc4)nc(-c4cccc(-c5cccc(-c6cccc7c6nc(-c6ccccc6)c6sc8ccccc8c67)c5)c4)n3)cc2)cc1. The number of thiophene rings is 1. The molecule has 276 valence electrons. The molecule has 59 heavy (non-hydrogen) atoms. The predicted octanol–water partition coefficient (Wildman–Crippen LogP) is 14.5. The van der Waals surface area contributed by atoms with Gasteiger partial charge in [-0.15, -0.1) is 11.3 Å². The van der Waals surface area contributed by atoms with Gasteiger partial charge in [-0.05, 0) is 46.0 Å². The number of fused-ring (bicyclic) bond motifs is 5. The van der Waals surface area contributed by atoms with Gasteiger partial charge in [-0.3, -0.25) is 0 Å². The van der Waals surface area contributed by atoms with Gasteiger partial charge in [-0.25, -0.2) is 19.9 Å². The maximum Gasteiger partial charge on any atom is 0.164 e. The van der Waals surface area contributed by atoms with Gasteiger partial charge in [-0.1, -0.05) is 188 Å². The van der Waals surface area contributed by atoms with Crippen molar-refractivity contribution in [3.8, 4) is 78.8 Å². The summed E-state index contributed by atoms with van der Waals surface area (Å²) < 4.78 is 2.48. The second-order valence-corrected chi connectivity index (χ2v) is 15.7. The van der Waals surface area contributed by atoms with E-state index in [2.05, 4.69) is 170 Å². The molecule has 8 aromatic carbocycles. The van der Waals surface area contributed by atoms with Crippen LogP contribution >= 0.6 is 11.3 Å². The van der Waals surface area contributed by atoms with Gasteiger partial charge in [0.15, 0.2) is 17.5 Å². The minimum atomic E-state index is 0.623. The lowest BCUT2D eigenvalue weighted by atomic mass is 9.95. The highest BCUT2D eigenvalue weighted by molar-refractivity contribution is 7.26. The first kappa shape index (κ1) is 34.6. The normalized spacial score (nSPS) is 11.4. The molecule has 0 saturated carbocycles. The van der Waals surface area contributed by atoms with Crippen LogP contribution < -0.4 is 0 Å². The zero-order chi connectivity index (χ0) is 39.1. The molecule has 0 radical (unpaired) electrons. The summed E-state index contributed by atoms with van der Waals surface area (Å²) in [6, 6.07) is 72.1.